The minimum Gasteiger partial charge on any atom is 0 e. The van der Waals surface area contributed by atoms with Crippen LogP contribution in [0.4, 0.5) is 0 Å². The van der Waals surface area contributed by atoms with Crippen LogP contribution in [0.2, 0.25) is 0 Å². The first-order valence-corrected chi connectivity index (χ1v) is 39.7. The fraction of sp³-hybridized carbons (Fsp3) is 0.500. The molecule has 0 bridgehead atoms. The Labute approximate surface area is 554 Å². The van der Waals surface area contributed by atoms with E-state index < -0.39 is 39.5 Å². The molecule has 6 aromatic carbocycles. The zero-order valence-electron chi connectivity index (χ0n) is 56.7. The molecule has 0 fully saturated rings. The van der Waals surface area contributed by atoms with Gasteiger partial charge in [0.2, 0.25) is 0 Å². The van der Waals surface area contributed by atoms with Crippen molar-refractivity contribution < 1.29 is 56.8 Å². The van der Waals surface area contributed by atoms with Gasteiger partial charge >= 0.3 is 535 Å². The summed E-state index contributed by atoms with van der Waals surface area (Å²) in [5.74, 6) is 9.58. The Bertz CT molecular complexity index is 2350. The Morgan fingerprint density at radius 1 is 0.172 bits per heavy atom. The molecule has 474 valence electrons. The molecule has 6 rings (SSSR count). The van der Waals surface area contributed by atoms with Crippen LogP contribution < -0.4 is 78.3 Å². The van der Waals surface area contributed by atoms with Crippen LogP contribution in [0.1, 0.15) is 166 Å². The van der Waals surface area contributed by atoms with Gasteiger partial charge in [0.15, 0.2) is 0 Å². The van der Waals surface area contributed by atoms with Crippen LogP contribution in [0.3, 0.4) is 0 Å². The molecule has 0 unspecified atom stereocenters. The van der Waals surface area contributed by atoms with Gasteiger partial charge in [-0.05, 0) is 0 Å². The molecule has 0 aromatic heterocycles. The average Bonchev–Trinajstić information content (AvgIpc) is 0.879. The Hall–Kier alpha value is -4.68. The van der Waals surface area contributed by atoms with Crippen LogP contribution in [0.15, 0.2) is 109 Å². The maximum atomic E-state index is 6.58. The number of ether oxygens (including phenoxy) is 12. The van der Waals surface area contributed by atoms with Crippen LogP contribution in [0.5, 0.6) is 69.0 Å². The van der Waals surface area contributed by atoms with Gasteiger partial charge in [-0.25, -0.2) is 0 Å². The fourth-order valence-corrected chi connectivity index (χ4v) is 27.1. The standard InChI is InChI=1S/6C12H17O2.3Sn/c6*1-9(2)13-11-6-5-7-12(8-11)14-10(3)4;;;/h6*5-7,9-10H,1-4H3;;;. The van der Waals surface area contributed by atoms with E-state index in [1.807, 2.05) is 109 Å². The fourth-order valence-electron chi connectivity index (χ4n) is 9.52. The van der Waals surface area contributed by atoms with Crippen molar-refractivity contribution in [1.29, 1.82) is 0 Å². The third-order valence-electron chi connectivity index (χ3n) is 11.8. The van der Waals surface area contributed by atoms with E-state index >= 15 is 0 Å². The SMILES string of the molecule is CC(C)Oc1cccc(OC(C)C)[c]1[Sn]([c]1c(OC(C)C)cccc1OC(C)C)[c]1c(OC(C)C)cccc1OC(C)C.CC(C)Oc1cccc(OC(C)C)[c]1[Sn]([c]1c(OC(C)C)cccc1OC(C)C)[c]1c(OC(C)C)cccc1OC(C)C.[Sn]. The summed E-state index contributed by atoms with van der Waals surface area (Å²) in [6.07, 6.45) is -0.503. The number of hydrogen-bond acceptors (Lipinski definition) is 12. The van der Waals surface area contributed by atoms with Gasteiger partial charge in [0.1, 0.15) is 0 Å². The molecule has 0 aliphatic heterocycles. The van der Waals surface area contributed by atoms with Crippen LogP contribution in [-0.4, -0.2) is 137 Å². The van der Waals surface area contributed by atoms with Crippen molar-refractivity contribution in [1.82, 2.24) is 0 Å². The molecule has 0 aliphatic rings. The molecule has 0 saturated carbocycles. The largest absolute Gasteiger partial charge is 0 e. The topological polar surface area (TPSA) is 111 Å². The second kappa shape index (κ2) is 35.6. The molecule has 0 aliphatic carbocycles. The third kappa shape index (κ3) is 22.3. The first-order chi connectivity index (χ1) is 40.6. The van der Waals surface area contributed by atoms with Crippen molar-refractivity contribution >= 4 is 84.9 Å². The first kappa shape index (κ1) is 74.8. The molecule has 15 heteroatoms. The van der Waals surface area contributed by atoms with Crippen LogP contribution in [0, 0.1) is 0 Å². The van der Waals surface area contributed by atoms with E-state index in [4.69, 9.17) is 56.8 Å². The number of hydrogen-bond donors (Lipinski definition) is 0. The summed E-state index contributed by atoms with van der Waals surface area (Å²) >= 11 is -7.08. The minimum absolute atomic E-state index is 0. The van der Waals surface area contributed by atoms with Crippen LogP contribution >= 0.6 is 0 Å². The zero-order valence-corrected chi connectivity index (χ0v) is 65.3. The van der Waals surface area contributed by atoms with Gasteiger partial charge < -0.3 is 0 Å². The van der Waals surface area contributed by atoms with Gasteiger partial charge in [0.05, 0.1) is 0 Å². The molecule has 0 saturated heterocycles. The molecule has 0 amide bonds. The molecule has 6 radical (unpaired) electrons. The maximum absolute atomic E-state index is 6.58. The van der Waals surface area contributed by atoms with Crippen molar-refractivity contribution in [2.45, 2.75) is 239 Å². The van der Waals surface area contributed by atoms with E-state index in [1.54, 1.807) is 0 Å². The van der Waals surface area contributed by atoms with Crippen molar-refractivity contribution in [2.75, 3.05) is 0 Å². The predicted molar refractivity (Wildman–Crippen MR) is 363 cm³/mol. The van der Waals surface area contributed by atoms with Gasteiger partial charge in [-0.1, -0.05) is 0 Å². The van der Waals surface area contributed by atoms with E-state index in [-0.39, 0.29) is 97.2 Å². The van der Waals surface area contributed by atoms with E-state index in [0.717, 1.165) is 90.5 Å². The summed E-state index contributed by atoms with van der Waals surface area (Å²) in [7, 11) is 0. The van der Waals surface area contributed by atoms with E-state index in [9.17, 15) is 0 Å². The Balaban J connectivity index is 0.000000368. The van der Waals surface area contributed by atoms with Crippen molar-refractivity contribution in [2.24, 2.45) is 0 Å². The first-order valence-electron chi connectivity index (χ1n) is 31.1. The summed E-state index contributed by atoms with van der Waals surface area (Å²) in [6.45, 7) is 49.2. The summed E-state index contributed by atoms with van der Waals surface area (Å²) in [4.78, 5) is 0. The predicted octanol–water partition coefficient (Wildman–Crippen LogP) is 13.5. The molecule has 0 N–H and O–H groups in total. The van der Waals surface area contributed by atoms with Gasteiger partial charge in [-0.3, -0.25) is 0 Å². The smallest absolute Gasteiger partial charge is 0 e. The molecule has 12 nitrogen and oxygen atoms in total. The molecule has 0 atom stereocenters. The Morgan fingerprint density at radius 3 is 0.322 bits per heavy atom. The molecular formula is C72H102O12Sn3. The van der Waals surface area contributed by atoms with Crippen LogP contribution in [-0.2, 0) is 0 Å². The summed E-state index contributed by atoms with van der Waals surface area (Å²) in [5, 5.41) is 0. The Kier molecular flexibility index (Phi) is 30.6. The van der Waals surface area contributed by atoms with E-state index in [0.29, 0.717) is 0 Å². The average molecular weight is 1520 g/mol. The summed E-state index contributed by atoms with van der Waals surface area (Å²) < 4.78 is 85.3. The quantitative estimate of drug-likeness (QED) is 0.0400. The van der Waals surface area contributed by atoms with Crippen LogP contribution in [0.25, 0.3) is 0 Å². The normalized spacial score (nSPS) is 11.7. The van der Waals surface area contributed by atoms with E-state index in [1.165, 1.54) is 0 Å². The maximum Gasteiger partial charge on any atom is 0 e. The van der Waals surface area contributed by atoms with Crippen molar-refractivity contribution in [3.05, 3.63) is 109 Å². The molecule has 0 heterocycles. The molecule has 87 heavy (non-hydrogen) atoms. The summed E-state index contributed by atoms with van der Waals surface area (Å²) in [6, 6.07) is 36.6. The molecule has 0 spiro atoms. The monoisotopic (exact) mass is 1520 g/mol. The molecular weight excluding hydrogens is 1410 g/mol. The van der Waals surface area contributed by atoms with E-state index in [2.05, 4.69) is 166 Å². The van der Waals surface area contributed by atoms with Gasteiger partial charge in [0.25, 0.3) is 0 Å². The second-order valence-electron chi connectivity index (χ2n) is 24.5. The zero-order chi connectivity index (χ0) is 63.7. The van der Waals surface area contributed by atoms with Gasteiger partial charge in [-0.2, -0.15) is 0 Å². The second-order valence-corrected chi connectivity index (χ2v) is 37.4. The third-order valence-corrected chi connectivity index (χ3v) is 28.8. The minimum atomic E-state index is -3.54. The van der Waals surface area contributed by atoms with Crippen molar-refractivity contribution in [3.63, 3.8) is 0 Å². The van der Waals surface area contributed by atoms with Gasteiger partial charge in [0, 0.05) is 23.9 Å². The number of benzene rings is 6. The summed E-state index contributed by atoms with van der Waals surface area (Å²) in [5.41, 5.74) is 0. The van der Waals surface area contributed by atoms with Crippen molar-refractivity contribution in [3.8, 4) is 69.0 Å². The molecule has 6 aromatic rings. The van der Waals surface area contributed by atoms with Gasteiger partial charge in [-0.15, -0.1) is 0 Å². The Morgan fingerprint density at radius 2 is 0.253 bits per heavy atom. The number of rotatable bonds is 30.